The number of nitrogens with zero attached hydrogens (tertiary/aromatic N) is 2. The molecule has 0 aliphatic rings. The molecule has 0 aliphatic carbocycles. The zero-order valence-electron chi connectivity index (χ0n) is 13.5. The summed E-state index contributed by atoms with van der Waals surface area (Å²) < 4.78 is 7.02. The number of pyridine rings is 1. The first-order chi connectivity index (χ1) is 11.2. The third kappa shape index (κ3) is 3.11. The van der Waals surface area contributed by atoms with Gasteiger partial charge in [-0.15, -0.1) is 0 Å². The minimum atomic E-state index is -0.223. The Balaban J connectivity index is 1.96. The van der Waals surface area contributed by atoms with E-state index >= 15 is 0 Å². The first kappa shape index (κ1) is 15.3. The summed E-state index contributed by atoms with van der Waals surface area (Å²) in [4.78, 5) is 16.2. The quantitative estimate of drug-likeness (QED) is 0.679. The predicted molar refractivity (Wildman–Crippen MR) is 90.3 cm³/mol. The largest absolute Gasteiger partial charge is 0.469 e. The zero-order valence-corrected chi connectivity index (χ0v) is 13.5. The van der Waals surface area contributed by atoms with Gasteiger partial charge in [-0.05, 0) is 36.6 Å². The molecule has 4 nitrogen and oxygen atoms in total. The molecule has 0 fully saturated rings. The maximum absolute atomic E-state index is 11.7. The molecule has 4 heteroatoms. The molecule has 0 radical (unpaired) electrons. The van der Waals surface area contributed by atoms with Crippen LogP contribution in [0.5, 0.6) is 0 Å². The molecule has 0 saturated carbocycles. The fourth-order valence-corrected chi connectivity index (χ4v) is 2.96. The van der Waals surface area contributed by atoms with Gasteiger partial charge in [0, 0.05) is 23.8 Å². The number of fused-ring (bicyclic) bond motifs is 1. The van der Waals surface area contributed by atoms with Crippen molar-refractivity contribution < 1.29 is 9.53 Å². The summed E-state index contributed by atoms with van der Waals surface area (Å²) in [6.45, 7) is 2.88. The molecule has 0 amide bonds. The zero-order chi connectivity index (χ0) is 16.2. The summed E-state index contributed by atoms with van der Waals surface area (Å²) in [5, 5.41) is 1.03. The summed E-state index contributed by atoms with van der Waals surface area (Å²) in [6.07, 6.45) is 3.01. The van der Waals surface area contributed by atoms with E-state index in [1.165, 1.54) is 12.7 Å². The number of carbonyl (C=O) groups is 1. The van der Waals surface area contributed by atoms with Crippen molar-refractivity contribution in [2.75, 3.05) is 7.11 Å². The summed E-state index contributed by atoms with van der Waals surface area (Å²) >= 11 is 0. The van der Waals surface area contributed by atoms with Crippen LogP contribution in [0.2, 0.25) is 0 Å². The van der Waals surface area contributed by atoms with Crippen LogP contribution in [0.4, 0.5) is 0 Å². The first-order valence-corrected chi connectivity index (χ1v) is 7.74. The van der Waals surface area contributed by atoms with Gasteiger partial charge in [0.25, 0.3) is 0 Å². The van der Waals surface area contributed by atoms with Crippen molar-refractivity contribution in [1.82, 2.24) is 9.55 Å². The SMILES string of the molecule is COC(=O)Cc1c(C)n(CCc2ccccc2)c2ncccc12. The highest BCUT2D eigenvalue weighted by Crippen LogP contribution is 2.25. The number of esters is 1. The van der Waals surface area contributed by atoms with Crippen LogP contribution >= 0.6 is 0 Å². The number of hydrogen-bond acceptors (Lipinski definition) is 3. The van der Waals surface area contributed by atoms with Gasteiger partial charge in [-0.1, -0.05) is 30.3 Å². The maximum Gasteiger partial charge on any atom is 0.310 e. The van der Waals surface area contributed by atoms with Crippen LogP contribution in [0.3, 0.4) is 0 Å². The number of benzene rings is 1. The van der Waals surface area contributed by atoms with Crippen LogP contribution in [-0.4, -0.2) is 22.6 Å². The molecule has 3 aromatic rings. The Morgan fingerprint density at radius 3 is 2.70 bits per heavy atom. The molecule has 1 aromatic carbocycles. The molecule has 118 valence electrons. The smallest absolute Gasteiger partial charge is 0.310 e. The summed E-state index contributed by atoms with van der Waals surface area (Å²) in [5.74, 6) is -0.223. The van der Waals surface area contributed by atoms with Gasteiger partial charge in [-0.25, -0.2) is 4.98 Å². The molecule has 0 spiro atoms. The van der Waals surface area contributed by atoms with Crippen molar-refractivity contribution >= 4 is 17.0 Å². The van der Waals surface area contributed by atoms with Crippen molar-refractivity contribution in [3.05, 3.63) is 65.5 Å². The lowest BCUT2D eigenvalue weighted by atomic mass is 10.1. The minimum absolute atomic E-state index is 0.223. The fourth-order valence-electron chi connectivity index (χ4n) is 2.96. The lowest BCUT2D eigenvalue weighted by Crippen LogP contribution is -2.07. The van der Waals surface area contributed by atoms with Gasteiger partial charge in [-0.3, -0.25) is 4.79 Å². The summed E-state index contributed by atoms with van der Waals surface area (Å²) in [5.41, 5.74) is 4.31. The predicted octanol–water partition coefficient (Wildman–Crippen LogP) is 3.30. The highest BCUT2D eigenvalue weighted by Gasteiger charge is 2.17. The molecule has 0 aliphatic heterocycles. The molecule has 3 rings (SSSR count). The third-order valence-electron chi connectivity index (χ3n) is 4.22. The van der Waals surface area contributed by atoms with Gasteiger partial charge in [0.15, 0.2) is 0 Å². The highest BCUT2D eigenvalue weighted by molar-refractivity contribution is 5.87. The molecule has 0 atom stereocenters. The van der Waals surface area contributed by atoms with Gasteiger partial charge < -0.3 is 9.30 Å². The number of rotatable bonds is 5. The Hall–Kier alpha value is -2.62. The number of hydrogen-bond donors (Lipinski definition) is 0. The maximum atomic E-state index is 11.7. The lowest BCUT2D eigenvalue weighted by molar-refractivity contribution is -0.139. The average Bonchev–Trinajstić information content (AvgIpc) is 2.86. The van der Waals surface area contributed by atoms with Crippen LogP contribution in [0.1, 0.15) is 16.8 Å². The number of aryl methyl sites for hydroxylation is 2. The Morgan fingerprint density at radius 1 is 1.17 bits per heavy atom. The topological polar surface area (TPSA) is 44.1 Å². The van der Waals surface area contributed by atoms with Crippen molar-refractivity contribution in [2.24, 2.45) is 0 Å². The van der Waals surface area contributed by atoms with E-state index in [0.29, 0.717) is 0 Å². The van der Waals surface area contributed by atoms with E-state index in [2.05, 4.69) is 33.8 Å². The Labute approximate surface area is 135 Å². The van der Waals surface area contributed by atoms with Crippen LogP contribution in [0, 0.1) is 6.92 Å². The van der Waals surface area contributed by atoms with Crippen LogP contribution in [0.15, 0.2) is 48.7 Å². The molecule has 0 unspecified atom stereocenters. The van der Waals surface area contributed by atoms with E-state index in [9.17, 15) is 4.79 Å². The Morgan fingerprint density at radius 2 is 1.96 bits per heavy atom. The van der Waals surface area contributed by atoms with Crippen molar-refractivity contribution in [3.8, 4) is 0 Å². The van der Waals surface area contributed by atoms with E-state index in [1.807, 2.05) is 25.1 Å². The molecule has 0 saturated heterocycles. The van der Waals surface area contributed by atoms with Gasteiger partial charge in [-0.2, -0.15) is 0 Å². The van der Waals surface area contributed by atoms with Crippen molar-refractivity contribution in [3.63, 3.8) is 0 Å². The van der Waals surface area contributed by atoms with Crippen molar-refractivity contribution in [2.45, 2.75) is 26.3 Å². The molecule has 0 bridgehead atoms. The summed E-state index contributed by atoms with van der Waals surface area (Å²) in [7, 11) is 1.42. The molecule has 0 N–H and O–H groups in total. The number of aromatic nitrogens is 2. The number of carbonyl (C=O) groups excluding carboxylic acids is 1. The monoisotopic (exact) mass is 308 g/mol. The van der Waals surface area contributed by atoms with Gasteiger partial charge >= 0.3 is 5.97 Å². The van der Waals surface area contributed by atoms with E-state index in [1.54, 1.807) is 6.20 Å². The van der Waals surface area contributed by atoms with E-state index in [0.717, 1.165) is 35.3 Å². The van der Waals surface area contributed by atoms with Crippen LogP contribution < -0.4 is 0 Å². The van der Waals surface area contributed by atoms with Crippen LogP contribution in [0.25, 0.3) is 11.0 Å². The fraction of sp³-hybridized carbons (Fsp3) is 0.263. The van der Waals surface area contributed by atoms with Gasteiger partial charge in [0.2, 0.25) is 0 Å². The van der Waals surface area contributed by atoms with E-state index < -0.39 is 0 Å². The lowest BCUT2D eigenvalue weighted by Gasteiger charge is -2.08. The standard InChI is InChI=1S/C19H20N2O2/c1-14-17(13-18(22)23-2)16-9-6-11-20-19(16)21(14)12-10-15-7-4-3-5-8-15/h3-9,11H,10,12-13H2,1-2H3. The van der Waals surface area contributed by atoms with E-state index in [-0.39, 0.29) is 12.4 Å². The second kappa shape index (κ2) is 6.65. The first-order valence-electron chi connectivity index (χ1n) is 7.74. The number of methoxy groups -OCH3 is 1. The van der Waals surface area contributed by atoms with Crippen molar-refractivity contribution in [1.29, 1.82) is 0 Å². The normalized spacial score (nSPS) is 10.9. The molecular weight excluding hydrogens is 288 g/mol. The molecule has 2 aromatic heterocycles. The second-order valence-electron chi connectivity index (χ2n) is 5.58. The highest BCUT2D eigenvalue weighted by atomic mass is 16.5. The Bertz CT molecular complexity index is 822. The molecule has 2 heterocycles. The van der Waals surface area contributed by atoms with Gasteiger partial charge in [0.05, 0.1) is 13.5 Å². The second-order valence-corrected chi connectivity index (χ2v) is 5.58. The van der Waals surface area contributed by atoms with E-state index in [4.69, 9.17) is 4.74 Å². The average molecular weight is 308 g/mol. The summed E-state index contributed by atoms with van der Waals surface area (Å²) in [6, 6.07) is 14.3. The number of ether oxygens (including phenoxy) is 1. The Kier molecular flexibility index (Phi) is 4.42. The third-order valence-corrected chi connectivity index (χ3v) is 4.22. The van der Waals surface area contributed by atoms with Gasteiger partial charge in [0.1, 0.15) is 5.65 Å². The minimum Gasteiger partial charge on any atom is -0.469 e. The molecule has 23 heavy (non-hydrogen) atoms. The molecular formula is C19H20N2O2. The van der Waals surface area contributed by atoms with Crippen LogP contribution in [-0.2, 0) is 28.9 Å².